The van der Waals surface area contributed by atoms with Gasteiger partial charge in [-0.1, -0.05) is 31.5 Å². The van der Waals surface area contributed by atoms with E-state index in [1.54, 1.807) is 0 Å². The Morgan fingerprint density at radius 3 is 2.73 bits per heavy atom. The first kappa shape index (κ1) is 18.7. The van der Waals surface area contributed by atoms with Crippen molar-refractivity contribution >= 4 is 17.6 Å². The molecule has 0 bridgehead atoms. The zero-order valence-corrected chi connectivity index (χ0v) is 13.5. The molecule has 0 saturated carbocycles. The minimum Gasteiger partial charge on any atom is -0.389 e. The van der Waals surface area contributed by atoms with Crippen molar-refractivity contribution in [3.63, 3.8) is 0 Å². The van der Waals surface area contributed by atoms with Crippen molar-refractivity contribution in [2.24, 2.45) is 5.92 Å². The molecule has 1 aromatic rings. The molecule has 3 N–H and O–H groups in total. The molecule has 1 atom stereocenters. The van der Waals surface area contributed by atoms with E-state index in [0.717, 1.165) is 0 Å². The van der Waals surface area contributed by atoms with Crippen LogP contribution < -0.4 is 10.6 Å². The van der Waals surface area contributed by atoms with Crippen LogP contribution in [0.25, 0.3) is 0 Å². The molecule has 1 aromatic carbocycles. The van der Waals surface area contributed by atoms with Gasteiger partial charge in [0.2, 0.25) is 0 Å². The summed E-state index contributed by atoms with van der Waals surface area (Å²) in [6.45, 7) is 5.07. The normalized spacial score (nSPS) is 12.3. The second-order valence-electron chi connectivity index (χ2n) is 5.40. The number of rotatable bonds is 8. The highest BCUT2D eigenvalue weighted by Gasteiger charge is 2.08. The van der Waals surface area contributed by atoms with Crippen molar-refractivity contribution in [3.05, 3.63) is 34.6 Å². The average molecular weight is 333 g/mol. The summed E-state index contributed by atoms with van der Waals surface area (Å²) in [5.41, 5.74) is 0.683. The van der Waals surface area contributed by atoms with Crippen molar-refractivity contribution < 1.29 is 19.0 Å². The second kappa shape index (κ2) is 9.61. The van der Waals surface area contributed by atoms with Crippen LogP contribution in [0, 0.1) is 11.7 Å². The lowest BCUT2D eigenvalue weighted by atomic mass is 10.2. The number of carbonyl (C=O) groups is 1. The molecule has 2 amide bonds. The maximum Gasteiger partial charge on any atom is 0.315 e. The number of amides is 2. The van der Waals surface area contributed by atoms with E-state index in [4.69, 9.17) is 16.3 Å². The van der Waals surface area contributed by atoms with E-state index in [0.29, 0.717) is 18.1 Å². The van der Waals surface area contributed by atoms with Gasteiger partial charge in [0.25, 0.3) is 0 Å². The van der Waals surface area contributed by atoms with Gasteiger partial charge in [-0.3, -0.25) is 0 Å². The fourth-order valence-electron chi connectivity index (χ4n) is 1.60. The lowest BCUT2D eigenvalue weighted by Crippen LogP contribution is -2.40. The van der Waals surface area contributed by atoms with Crippen LogP contribution in [0.3, 0.4) is 0 Å². The van der Waals surface area contributed by atoms with Gasteiger partial charge in [-0.05, 0) is 23.6 Å². The number of hydrogen-bond donors (Lipinski definition) is 3. The van der Waals surface area contributed by atoms with Crippen LogP contribution in [0.5, 0.6) is 0 Å². The van der Waals surface area contributed by atoms with Gasteiger partial charge in [-0.15, -0.1) is 0 Å². The number of halogens is 2. The summed E-state index contributed by atoms with van der Waals surface area (Å²) in [6, 6.07) is 3.80. The molecule has 0 heterocycles. The number of aliphatic hydroxyl groups is 1. The van der Waals surface area contributed by atoms with Gasteiger partial charge in [-0.2, -0.15) is 0 Å². The van der Waals surface area contributed by atoms with Crippen LogP contribution in [-0.4, -0.2) is 37.0 Å². The molecule has 5 nitrogen and oxygen atoms in total. The zero-order valence-electron chi connectivity index (χ0n) is 12.7. The van der Waals surface area contributed by atoms with Crippen LogP contribution in [0.1, 0.15) is 19.4 Å². The van der Waals surface area contributed by atoms with Crippen LogP contribution in [0.4, 0.5) is 9.18 Å². The van der Waals surface area contributed by atoms with Gasteiger partial charge in [0, 0.05) is 19.7 Å². The molecule has 0 aliphatic carbocycles. The smallest absolute Gasteiger partial charge is 0.315 e. The van der Waals surface area contributed by atoms with E-state index < -0.39 is 18.0 Å². The third kappa shape index (κ3) is 7.59. The van der Waals surface area contributed by atoms with Crippen molar-refractivity contribution in [1.29, 1.82) is 0 Å². The lowest BCUT2D eigenvalue weighted by Gasteiger charge is -2.14. The van der Waals surface area contributed by atoms with Crippen molar-refractivity contribution in [2.75, 3.05) is 19.8 Å². The minimum atomic E-state index is -0.759. The summed E-state index contributed by atoms with van der Waals surface area (Å²) in [4.78, 5) is 11.6. The fraction of sp³-hybridized carbons (Fsp3) is 0.533. The highest BCUT2D eigenvalue weighted by Crippen LogP contribution is 2.15. The Bertz CT molecular complexity index is 486. The molecule has 0 aromatic heterocycles. The molecule has 0 radical (unpaired) electrons. The minimum absolute atomic E-state index is 0.0115. The largest absolute Gasteiger partial charge is 0.389 e. The summed E-state index contributed by atoms with van der Waals surface area (Å²) in [5, 5.41) is 14.8. The number of aliphatic hydroxyl groups excluding tert-OH is 1. The Labute approximate surface area is 134 Å². The number of carbonyl (C=O) groups excluding carboxylic acids is 1. The number of hydrogen-bond acceptors (Lipinski definition) is 3. The Hall–Kier alpha value is -1.37. The number of ether oxygens (including phenoxy) is 1. The predicted octanol–water partition coefficient (Wildman–Crippen LogP) is 2.31. The number of nitrogens with one attached hydrogen (secondary N) is 2. The Kier molecular flexibility index (Phi) is 8.16. The number of urea groups is 1. The Morgan fingerprint density at radius 1 is 1.36 bits per heavy atom. The van der Waals surface area contributed by atoms with Crippen LogP contribution in [0.15, 0.2) is 18.2 Å². The van der Waals surface area contributed by atoms with Gasteiger partial charge in [0.05, 0.1) is 17.7 Å². The quantitative estimate of drug-likeness (QED) is 0.684. The zero-order chi connectivity index (χ0) is 16.5. The standard InChI is InChI=1S/C15H22ClFN2O3/c1-10(2)8-22-9-12(20)7-19-15(21)18-6-11-3-4-14(17)13(16)5-11/h3-5,10,12,20H,6-9H2,1-2H3,(H2,18,19,21). The van der Waals surface area contributed by atoms with E-state index >= 15 is 0 Å². The summed E-state index contributed by atoms with van der Waals surface area (Å²) in [6.07, 6.45) is -0.759. The summed E-state index contributed by atoms with van der Waals surface area (Å²) < 4.78 is 18.3. The Morgan fingerprint density at radius 2 is 2.09 bits per heavy atom. The topological polar surface area (TPSA) is 70.6 Å². The molecule has 0 aliphatic heterocycles. The molecule has 1 unspecified atom stereocenters. The molecule has 1 rings (SSSR count). The van der Waals surface area contributed by atoms with Gasteiger partial charge in [-0.25, -0.2) is 9.18 Å². The summed E-state index contributed by atoms with van der Waals surface area (Å²) in [7, 11) is 0. The molecule has 0 saturated heterocycles. The first-order valence-electron chi connectivity index (χ1n) is 7.10. The molecule has 0 spiro atoms. The maximum atomic E-state index is 13.0. The molecular weight excluding hydrogens is 311 g/mol. The molecule has 0 aliphatic rings. The Balaban J connectivity index is 2.21. The fourth-order valence-corrected chi connectivity index (χ4v) is 1.81. The van der Waals surface area contributed by atoms with Crippen LogP contribution in [-0.2, 0) is 11.3 Å². The van der Waals surface area contributed by atoms with Crippen LogP contribution in [0.2, 0.25) is 5.02 Å². The van der Waals surface area contributed by atoms with Gasteiger partial charge < -0.3 is 20.5 Å². The third-order valence-corrected chi connectivity index (χ3v) is 2.99. The van der Waals surface area contributed by atoms with Crippen molar-refractivity contribution in [1.82, 2.24) is 10.6 Å². The van der Waals surface area contributed by atoms with Gasteiger partial charge in [0.1, 0.15) is 5.82 Å². The SMILES string of the molecule is CC(C)COCC(O)CNC(=O)NCc1ccc(F)c(Cl)c1. The van der Waals surface area contributed by atoms with E-state index in [1.165, 1.54) is 18.2 Å². The molecule has 22 heavy (non-hydrogen) atoms. The van der Waals surface area contributed by atoms with Gasteiger partial charge >= 0.3 is 6.03 Å². The second-order valence-corrected chi connectivity index (χ2v) is 5.80. The van der Waals surface area contributed by atoms with Crippen LogP contribution >= 0.6 is 11.6 Å². The van der Waals surface area contributed by atoms with Gasteiger partial charge in [0.15, 0.2) is 0 Å². The van der Waals surface area contributed by atoms with Crippen molar-refractivity contribution in [2.45, 2.75) is 26.5 Å². The summed E-state index contributed by atoms with van der Waals surface area (Å²) >= 11 is 5.65. The monoisotopic (exact) mass is 332 g/mol. The van der Waals surface area contributed by atoms with E-state index in [1.807, 2.05) is 13.8 Å². The average Bonchev–Trinajstić information content (AvgIpc) is 2.46. The highest BCUT2D eigenvalue weighted by molar-refractivity contribution is 6.30. The maximum absolute atomic E-state index is 13.0. The molecule has 7 heteroatoms. The van der Waals surface area contributed by atoms with E-state index in [9.17, 15) is 14.3 Å². The number of benzene rings is 1. The molecular formula is C15H22ClFN2O3. The lowest BCUT2D eigenvalue weighted by molar-refractivity contribution is 0.0272. The first-order valence-corrected chi connectivity index (χ1v) is 7.47. The first-order chi connectivity index (χ1) is 10.4. The van der Waals surface area contributed by atoms with E-state index in [-0.39, 0.29) is 24.7 Å². The molecule has 124 valence electrons. The highest BCUT2D eigenvalue weighted by atomic mass is 35.5. The van der Waals surface area contributed by atoms with E-state index in [2.05, 4.69) is 10.6 Å². The summed E-state index contributed by atoms with van der Waals surface area (Å²) in [5.74, 6) is -0.106. The predicted molar refractivity (Wildman–Crippen MR) is 83.3 cm³/mol. The molecule has 0 fully saturated rings. The third-order valence-electron chi connectivity index (χ3n) is 2.70. The van der Waals surface area contributed by atoms with Crippen molar-refractivity contribution in [3.8, 4) is 0 Å².